The molecule has 1 aliphatic heterocycles. The van der Waals surface area contributed by atoms with E-state index in [-0.39, 0.29) is 50.5 Å². The Kier molecular flexibility index (Phi) is 8.83. The van der Waals surface area contributed by atoms with Gasteiger partial charge in [0, 0.05) is 12.1 Å². The van der Waals surface area contributed by atoms with Gasteiger partial charge in [0.2, 0.25) is 0 Å². The van der Waals surface area contributed by atoms with Gasteiger partial charge in [0.25, 0.3) is 5.69 Å². The van der Waals surface area contributed by atoms with Crippen molar-refractivity contribution in [2.24, 2.45) is 0 Å². The molecule has 3 amide bonds. The zero-order valence-corrected chi connectivity index (χ0v) is 24.3. The Bertz CT molecular complexity index is 1820. The third-order valence-corrected chi connectivity index (χ3v) is 7.15. The predicted molar refractivity (Wildman–Crippen MR) is 160 cm³/mol. The van der Waals surface area contributed by atoms with Gasteiger partial charge in [-0.05, 0) is 47.5 Å². The quantitative estimate of drug-likeness (QED) is 0.0952. The molecule has 0 saturated carbocycles. The lowest BCUT2D eigenvalue weighted by molar-refractivity contribution is -1.18. The van der Waals surface area contributed by atoms with E-state index in [9.17, 15) is 28.9 Å². The van der Waals surface area contributed by atoms with Crippen molar-refractivity contribution in [3.05, 3.63) is 128 Å². The number of non-ortho nitro benzene ring substituents is 1. The number of para-hydroxylation sites is 2. The maximum atomic E-state index is 14.2. The topological polar surface area (TPSA) is 160 Å². The number of benzene rings is 4. The molecular formula is C29H21Cl2FN5O8+. The number of hydrogen-bond acceptors (Lipinski definition) is 8. The molecule has 0 bridgehead atoms. The highest BCUT2D eigenvalue weighted by Crippen LogP contribution is 2.41. The second-order valence-corrected chi connectivity index (χ2v) is 10.3. The third-order valence-electron chi connectivity index (χ3n) is 6.52. The second kappa shape index (κ2) is 12.8. The lowest BCUT2D eigenvalue weighted by Gasteiger charge is -2.32. The number of nitro groups is 1. The number of nitro benzene ring substituents is 1. The molecule has 0 fully saturated rings. The second-order valence-electron chi connectivity index (χ2n) is 9.45. The van der Waals surface area contributed by atoms with Crippen LogP contribution in [0.4, 0.5) is 36.7 Å². The number of fused-ring (bicyclic) bond motifs is 1. The number of nitrogens with one attached hydrogen (secondary N) is 2. The van der Waals surface area contributed by atoms with E-state index < -0.39 is 40.4 Å². The average Bonchev–Trinajstić information content (AvgIpc) is 3.22. The van der Waals surface area contributed by atoms with E-state index in [2.05, 4.69) is 5.32 Å². The predicted octanol–water partition coefficient (Wildman–Crippen LogP) is 7.32. The van der Waals surface area contributed by atoms with Gasteiger partial charge in [-0.15, -0.1) is 9.85 Å². The number of carboxylic acid groups (broad SMARTS) is 1. The molecule has 16 heteroatoms. The molecule has 0 saturated heterocycles. The number of carbonyl (C=O) groups excluding carboxylic acids is 2. The van der Waals surface area contributed by atoms with Crippen LogP contribution in [0.2, 0.25) is 10.0 Å². The van der Waals surface area contributed by atoms with Crippen LogP contribution < -0.4 is 15.6 Å². The van der Waals surface area contributed by atoms with Crippen molar-refractivity contribution in [2.45, 2.75) is 13.2 Å². The molecule has 0 spiro atoms. The number of hydrogen-bond donors (Lipinski definition) is 3. The molecule has 0 aromatic heterocycles. The molecule has 1 unspecified atom stereocenters. The van der Waals surface area contributed by atoms with E-state index in [4.69, 9.17) is 38.0 Å². The molecule has 3 N–H and O–H groups in total. The Morgan fingerprint density at radius 3 is 2.38 bits per heavy atom. The summed E-state index contributed by atoms with van der Waals surface area (Å²) < 4.78 is 14.2. The highest BCUT2D eigenvalue weighted by Gasteiger charge is 2.60. The zero-order chi connectivity index (χ0) is 32.3. The Hall–Kier alpha value is -5.28. The summed E-state index contributed by atoms with van der Waals surface area (Å²) in [4.78, 5) is 59.7. The SMILES string of the molecule is O=C(O)Nc1cc(CO[N+]2(OC(=O)Nc3c(Cl)cccc3Cl)C(=O)c3ccccc3N2Cc2cccc([N+](=O)[O-])c2)ccc1F. The van der Waals surface area contributed by atoms with Crippen LogP contribution in [-0.4, -0.2) is 33.0 Å². The molecule has 0 radical (unpaired) electrons. The summed E-state index contributed by atoms with van der Waals surface area (Å²) in [6.45, 7) is -0.750. The van der Waals surface area contributed by atoms with Crippen LogP contribution in [0, 0.1) is 15.9 Å². The molecule has 4 aromatic rings. The van der Waals surface area contributed by atoms with Gasteiger partial charge >= 0.3 is 18.1 Å². The smallest absolute Gasteiger partial charge is 0.465 e. The first-order valence-electron chi connectivity index (χ1n) is 12.9. The van der Waals surface area contributed by atoms with Crippen LogP contribution >= 0.6 is 23.2 Å². The Labute approximate surface area is 263 Å². The van der Waals surface area contributed by atoms with Crippen molar-refractivity contribution in [1.29, 1.82) is 0 Å². The number of nitrogens with zero attached hydrogens (tertiary/aromatic N) is 3. The van der Waals surface area contributed by atoms with Crippen LogP contribution in [0.15, 0.2) is 84.9 Å². The number of carbonyl (C=O) groups is 3. The fraction of sp³-hybridized carbons (Fsp3) is 0.0690. The number of halogens is 3. The summed E-state index contributed by atoms with van der Waals surface area (Å²) >= 11 is 12.4. The molecule has 0 aliphatic carbocycles. The summed E-state index contributed by atoms with van der Waals surface area (Å²) in [5.41, 5.74) is 0.265. The summed E-state index contributed by atoms with van der Waals surface area (Å²) in [6.07, 6.45) is -2.73. The molecule has 5 rings (SSSR count). The minimum atomic E-state index is -1.57. The largest absolute Gasteiger partial charge is 0.475 e. The number of quaternary nitrogens is 1. The third kappa shape index (κ3) is 6.49. The van der Waals surface area contributed by atoms with E-state index >= 15 is 0 Å². The van der Waals surface area contributed by atoms with Gasteiger partial charge in [0.1, 0.15) is 30.2 Å². The molecule has 1 heterocycles. The van der Waals surface area contributed by atoms with Crippen molar-refractivity contribution >= 4 is 64.0 Å². The first kappa shape index (κ1) is 31.2. The number of hydroxylamine groups is 2. The molecule has 4 aromatic carbocycles. The number of amides is 3. The van der Waals surface area contributed by atoms with Gasteiger partial charge in [-0.25, -0.2) is 18.8 Å². The van der Waals surface area contributed by atoms with E-state index in [0.717, 1.165) is 12.1 Å². The number of anilines is 3. The first-order valence-corrected chi connectivity index (χ1v) is 13.7. The summed E-state index contributed by atoms with van der Waals surface area (Å²) in [5.74, 6) is -1.73. The van der Waals surface area contributed by atoms with Gasteiger partial charge < -0.3 is 5.11 Å². The highest BCUT2D eigenvalue weighted by atomic mass is 35.5. The first-order chi connectivity index (χ1) is 21.5. The fourth-order valence-corrected chi connectivity index (χ4v) is 5.03. The standard InChI is InChI=1S/C29H20Cl2FN5O8/c30-21-8-4-9-22(31)26(21)34-29(41)45-37(44-16-18-11-12-23(32)24(14-18)33-28(39)40)27(38)20-7-1-2-10-25(20)35(37)15-17-5-3-6-19(13-17)36(42)43/h1-14,33H,15-16H2,(H-,34,39,40,41)/p+1. The Morgan fingerprint density at radius 2 is 1.67 bits per heavy atom. The maximum Gasteiger partial charge on any atom is 0.475 e. The van der Waals surface area contributed by atoms with E-state index in [1.807, 2.05) is 5.32 Å². The monoisotopic (exact) mass is 656 g/mol. The molecule has 13 nitrogen and oxygen atoms in total. The fourth-order valence-electron chi connectivity index (χ4n) is 4.54. The van der Waals surface area contributed by atoms with E-state index in [1.54, 1.807) is 30.3 Å². The van der Waals surface area contributed by atoms with Gasteiger partial charge in [-0.3, -0.25) is 20.7 Å². The van der Waals surface area contributed by atoms with Gasteiger partial charge in [0.05, 0.1) is 26.3 Å². The van der Waals surface area contributed by atoms with Crippen LogP contribution in [0.1, 0.15) is 21.5 Å². The van der Waals surface area contributed by atoms with Crippen molar-refractivity contribution in [3.63, 3.8) is 0 Å². The van der Waals surface area contributed by atoms with E-state index in [1.165, 1.54) is 47.5 Å². The van der Waals surface area contributed by atoms with Gasteiger partial charge in [-0.1, -0.05) is 59.6 Å². The number of rotatable bonds is 9. The van der Waals surface area contributed by atoms with Crippen LogP contribution in [0.5, 0.6) is 0 Å². The highest BCUT2D eigenvalue weighted by molar-refractivity contribution is 6.39. The van der Waals surface area contributed by atoms with Gasteiger partial charge in [0.15, 0.2) is 4.92 Å². The summed E-state index contributed by atoms with van der Waals surface area (Å²) in [6, 6.07) is 19.7. The lowest BCUT2D eigenvalue weighted by Crippen LogP contribution is -2.60. The summed E-state index contributed by atoms with van der Waals surface area (Å²) in [5, 5.41) is 26.3. The lowest BCUT2D eigenvalue weighted by atomic mass is 10.1. The minimum absolute atomic E-state index is 0.0127. The van der Waals surface area contributed by atoms with Crippen molar-refractivity contribution in [3.8, 4) is 0 Å². The van der Waals surface area contributed by atoms with E-state index in [0.29, 0.717) is 5.56 Å². The van der Waals surface area contributed by atoms with Crippen molar-refractivity contribution < 1.29 is 43.4 Å². The van der Waals surface area contributed by atoms with Crippen molar-refractivity contribution in [2.75, 3.05) is 15.6 Å². The Morgan fingerprint density at radius 1 is 0.956 bits per heavy atom. The zero-order valence-electron chi connectivity index (χ0n) is 22.8. The average molecular weight is 657 g/mol. The maximum absolute atomic E-state index is 14.2. The molecule has 45 heavy (non-hydrogen) atoms. The molecule has 230 valence electrons. The molecule has 1 atom stereocenters. The normalized spacial score (nSPS) is 15.4. The molecule has 1 aliphatic rings. The Balaban J connectivity index is 1.58. The molecular weight excluding hydrogens is 636 g/mol. The van der Waals surface area contributed by atoms with Crippen molar-refractivity contribution in [1.82, 2.24) is 0 Å². The van der Waals surface area contributed by atoms with Crippen LogP contribution in [0.3, 0.4) is 0 Å². The van der Waals surface area contributed by atoms with Crippen LogP contribution in [0.25, 0.3) is 0 Å². The van der Waals surface area contributed by atoms with Gasteiger partial charge in [-0.2, -0.15) is 4.84 Å². The summed E-state index contributed by atoms with van der Waals surface area (Å²) in [7, 11) is 0. The minimum Gasteiger partial charge on any atom is -0.465 e. The van der Waals surface area contributed by atoms with Crippen LogP contribution in [-0.2, 0) is 22.8 Å².